The van der Waals surface area contributed by atoms with Gasteiger partial charge >= 0.3 is 6.09 Å². The topological polar surface area (TPSA) is 119 Å². The van der Waals surface area contributed by atoms with E-state index in [1.807, 2.05) is 61.5 Å². The maximum absolute atomic E-state index is 13.2. The first-order valence-electron chi connectivity index (χ1n) is 11.6. The van der Waals surface area contributed by atoms with Crippen LogP contribution in [0.15, 0.2) is 66.7 Å². The summed E-state index contributed by atoms with van der Waals surface area (Å²) in [5, 5.41) is 18.5. The summed E-state index contributed by atoms with van der Waals surface area (Å²) >= 11 is 0. The molecule has 2 aromatic carbocycles. The Kier molecular flexibility index (Phi) is 6.58. The van der Waals surface area contributed by atoms with Crippen LogP contribution in [0.5, 0.6) is 0 Å². The van der Waals surface area contributed by atoms with E-state index in [1.54, 1.807) is 24.8 Å². The summed E-state index contributed by atoms with van der Waals surface area (Å²) in [4.78, 5) is 26.1. The zero-order chi connectivity index (χ0) is 25.2. The van der Waals surface area contributed by atoms with Crippen LogP contribution >= 0.6 is 0 Å². The number of hydrogen-bond donors (Lipinski definition) is 2. The van der Waals surface area contributed by atoms with Gasteiger partial charge < -0.3 is 20.5 Å². The fraction of sp³-hybridized carbons (Fsp3) is 0.333. The summed E-state index contributed by atoms with van der Waals surface area (Å²) in [5.41, 5.74) is 6.73. The molecule has 2 unspecified atom stereocenters. The monoisotopic (exact) mass is 474 g/mol. The zero-order valence-corrected chi connectivity index (χ0v) is 20.1. The molecule has 1 saturated heterocycles. The highest BCUT2D eigenvalue weighted by Crippen LogP contribution is 2.42. The number of hydrogen-bond acceptors (Lipinski definition) is 6. The molecule has 2 heterocycles. The minimum Gasteiger partial charge on any atom is -0.438 e. The molecule has 8 nitrogen and oxygen atoms in total. The fourth-order valence-corrected chi connectivity index (χ4v) is 4.62. The molecule has 0 aliphatic carbocycles. The van der Waals surface area contributed by atoms with Crippen molar-refractivity contribution in [2.45, 2.75) is 50.9 Å². The molecule has 1 aliphatic rings. The van der Waals surface area contributed by atoms with Crippen molar-refractivity contribution in [1.82, 2.24) is 15.1 Å². The lowest BCUT2D eigenvalue weighted by molar-refractivity contribution is -0.101. The van der Waals surface area contributed by atoms with E-state index in [9.17, 15) is 14.7 Å². The lowest BCUT2D eigenvalue weighted by Crippen LogP contribution is -2.51. The number of aromatic nitrogens is 2. The molecule has 0 radical (unpaired) electrons. The highest BCUT2D eigenvalue weighted by molar-refractivity contribution is 5.90. The van der Waals surface area contributed by atoms with Gasteiger partial charge in [-0.15, -0.1) is 10.2 Å². The van der Waals surface area contributed by atoms with E-state index >= 15 is 0 Å². The van der Waals surface area contributed by atoms with Crippen molar-refractivity contribution in [3.63, 3.8) is 0 Å². The van der Waals surface area contributed by atoms with Crippen LogP contribution in [-0.4, -0.2) is 44.4 Å². The van der Waals surface area contributed by atoms with Gasteiger partial charge in [-0.1, -0.05) is 54.6 Å². The second-order valence-electron chi connectivity index (χ2n) is 9.63. The van der Waals surface area contributed by atoms with Crippen LogP contribution in [0.1, 0.15) is 61.3 Å². The van der Waals surface area contributed by atoms with Gasteiger partial charge in [-0.05, 0) is 44.0 Å². The molecule has 2 amide bonds. The van der Waals surface area contributed by atoms with Gasteiger partial charge in [-0.25, -0.2) is 4.79 Å². The van der Waals surface area contributed by atoms with Crippen LogP contribution in [-0.2, 0) is 10.3 Å². The average molecular weight is 475 g/mol. The van der Waals surface area contributed by atoms with Gasteiger partial charge in [0.15, 0.2) is 5.69 Å². The Morgan fingerprint density at radius 2 is 1.80 bits per heavy atom. The van der Waals surface area contributed by atoms with Gasteiger partial charge in [0.25, 0.3) is 5.91 Å². The number of carbonyl (C=O) groups is 2. The number of cyclic esters (lactones) is 1. The lowest BCUT2D eigenvalue weighted by Gasteiger charge is -2.45. The molecule has 0 saturated carbocycles. The molecule has 0 bridgehead atoms. The van der Waals surface area contributed by atoms with Crippen molar-refractivity contribution in [1.29, 1.82) is 0 Å². The highest BCUT2D eigenvalue weighted by Gasteiger charge is 2.46. The summed E-state index contributed by atoms with van der Waals surface area (Å²) in [7, 11) is 0. The second kappa shape index (κ2) is 9.46. The van der Waals surface area contributed by atoms with Crippen LogP contribution in [0, 0.1) is 0 Å². The third kappa shape index (κ3) is 5.33. The second-order valence-corrected chi connectivity index (χ2v) is 9.63. The van der Waals surface area contributed by atoms with E-state index in [4.69, 9.17) is 10.5 Å². The molecule has 1 aromatic heterocycles. The van der Waals surface area contributed by atoms with Crippen LogP contribution in [0.25, 0.3) is 11.3 Å². The summed E-state index contributed by atoms with van der Waals surface area (Å²) in [6.07, 6.45) is 0.466. The summed E-state index contributed by atoms with van der Waals surface area (Å²) < 4.78 is 6.09. The van der Waals surface area contributed by atoms with E-state index in [1.165, 1.54) is 6.07 Å². The number of carbonyl (C=O) groups excluding carboxylic acids is 2. The number of rotatable bonds is 7. The van der Waals surface area contributed by atoms with Crippen LogP contribution in [0.3, 0.4) is 0 Å². The quantitative estimate of drug-likeness (QED) is 0.530. The Morgan fingerprint density at radius 3 is 2.34 bits per heavy atom. The fourth-order valence-electron chi connectivity index (χ4n) is 4.62. The van der Waals surface area contributed by atoms with Gasteiger partial charge in [0.05, 0.1) is 17.3 Å². The Balaban J connectivity index is 1.51. The Labute approximate surface area is 204 Å². The Bertz CT molecular complexity index is 1190. The van der Waals surface area contributed by atoms with Gasteiger partial charge in [-0.3, -0.25) is 4.79 Å². The number of nitrogens with zero attached hydrogens (tertiary/aromatic N) is 3. The molecule has 2 atom stereocenters. The molecule has 0 spiro atoms. The van der Waals surface area contributed by atoms with E-state index in [2.05, 4.69) is 10.2 Å². The highest BCUT2D eigenvalue weighted by atomic mass is 16.6. The third-order valence-electron chi connectivity index (χ3n) is 6.37. The smallest absolute Gasteiger partial charge is 0.411 e. The van der Waals surface area contributed by atoms with Crippen LogP contribution in [0.2, 0.25) is 0 Å². The Morgan fingerprint density at radius 1 is 1.11 bits per heavy atom. The van der Waals surface area contributed by atoms with Gasteiger partial charge in [0.1, 0.15) is 5.60 Å². The number of primary amides is 1. The predicted octanol–water partition coefficient (Wildman–Crippen LogP) is 4.20. The first-order chi connectivity index (χ1) is 16.6. The molecule has 4 rings (SSSR count). The van der Waals surface area contributed by atoms with E-state index in [0.29, 0.717) is 25.1 Å². The van der Waals surface area contributed by atoms with Gasteiger partial charge in [-0.2, -0.15) is 0 Å². The maximum Gasteiger partial charge on any atom is 0.411 e. The van der Waals surface area contributed by atoms with Crippen molar-refractivity contribution < 1.29 is 19.4 Å². The average Bonchev–Trinajstić information content (AvgIpc) is 2.83. The molecule has 35 heavy (non-hydrogen) atoms. The zero-order valence-electron chi connectivity index (χ0n) is 20.1. The van der Waals surface area contributed by atoms with Gasteiger partial charge in [0.2, 0.25) is 0 Å². The standard InChI is InChI=1S/C27H30N4O4/c1-18(19-9-11-20(12-10-19)22-13-14-23(24(28)32)30-29-22)31-16-15-27(35-25(31)33,17-26(2,3)34)21-7-5-4-6-8-21/h4-14,18,34H,15-17H2,1-3H3,(H2,28,32). The van der Waals surface area contributed by atoms with Crippen molar-refractivity contribution in [2.75, 3.05) is 6.54 Å². The molecule has 1 aliphatic heterocycles. The predicted molar refractivity (Wildman–Crippen MR) is 131 cm³/mol. The van der Waals surface area contributed by atoms with Crippen LogP contribution in [0.4, 0.5) is 4.79 Å². The minimum absolute atomic E-state index is 0.110. The van der Waals surface area contributed by atoms with Gasteiger partial charge in [0, 0.05) is 24.9 Å². The van der Waals surface area contributed by atoms with E-state index < -0.39 is 23.2 Å². The Hall–Kier alpha value is -3.78. The molecule has 3 aromatic rings. The summed E-state index contributed by atoms with van der Waals surface area (Å²) in [6, 6.07) is 20.3. The maximum atomic E-state index is 13.2. The van der Waals surface area contributed by atoms with E-state index in [0.717, 1.165) is 16.7 Å². The van der Waals surface area contributed by atoms with Crippen molar-refractivity contribution in [3.8, 4) is 11.3 Å². The summed E-state index contributed by atoms with van der Waals surface area (Å²) in [6.45, 7) is 5.91. The first-order valence-corrected chi connectivity index (χ1v) is 11.6. The molecule has 1 fully saturated rings. The van der Waals surface area contributed by atoms with Crippen LogP contribution < -0.4 is 5.73 Å². The molecular weight excluding hydrogens is 444 g/mol. The first kappa shape index (κ1) is 24.3. The van der Waals surface area contributed by atoms with Crippen molar-refractivity contribution >= 4 is 12.0 Å². The number of ether oxygens (including phenoxy) is 1. The molecule has 8 heteroatoms. The minimum atomic E-state index is -1.00. The van der Waals surface area contributed by atoms with E-state index in [-0.39, 0.29) is 11.7 Å². The lowest BCUT2D eigenvalue weighted by atomic mass is 9.80. The number of benzene rings is 2. The number of amides is 2. The summed E-state index contributed by atoms with van der Waals surface area (Å²) in [5.74, 6) is -0.625. The number of nitrogens with two attached hydrogens (primary N) is 1. The van der Waals surface area contributed by atoms with Crippen molar-refractivity contribution in [2.24, 2.45) is 5.73 Å². The largest absolute Gasteiger partial charge is 0.438 e. The molecule has 182 valence electrons. The normalized spacial score (nSPS) is 19.2. The SMILES string of the molecule is CC(c1ccc(-c2ccc(C(N)=O)nn2)cc1)N1CCC(CC(C)(C)O)(c2ccccc2)OC1=O. The van der Waals surface area contributed by atoms with Crippen molar-refractivity contribution in [3.05, 3.63) is 83.6 Å². The number of aliphatic hydroxyl groups is 1. The molecule has 3 N–H and O–H groups in total. The molecular formula is C27H30N4O4. The third-order valence-corrected chi connectivity index (χ3v) is 6.37.